The molecule has 1 aromatic heterocycles. The molecule has 0 saturated carbocycles. The minimum atomic E-state index is -0.497. The van der Waals surface area contributed by atoms with Crippen molar-refractivity contribution in [2.24, 2.45) is 0 Å². The van der Waals surface area contributed by atoms with Crippen molar-refractivity contribution >= 4 is 23.2 Å². The number of aromatic amines is 1. The summed E-state index contributed by atoms with van der Waals surface area (Å²) in [5.74, 6) is -0.497. The Morgan fingerprint density at radius 2 is 2.05 bits per heavy atom. The molecule has 20 heavy (non-hydrogen) atoms. The Morgan fingerprint density at radius 1 is 1.35 bits per heavy atom. The van der Waals surface area contributed by atoms with Gasteiger partial charge in [0.1, 0.15) is 5.69 Å². The van der Waals surface area contributed by atoms with Gasteiger partial charge >= 0.3 is 5.97 Å². The van der Waals surface area contributed by atoms with E-state index in [0.29, 0.717) is 11.8 Å². The maximum Gasteiger partial charge on any atom is 0.355 e. The van der Waals surface area contributed by atoms with Gasteiger partial charge in [-0.2, -0.15) is 0 Å². The second-order valence-electron chi connectivity index (χ2n) is 5.76. The van der Waals surface area contributed by atoms with Gasteiger partial charge in [0.25, 0.3) is 0 Å². The largest absolute Gasteiger partial charge is 0.461 e. The number of rotatable bonds is 3. The number of aromatic nitrogens is 1. The number of ether oxygens (including phenoxy) is 1. The third-order valence-corrected chi connectivity index (χ3v) is 3.30. The molecule has 0 atom stereocenters. The predicted molar refractivity (Wildman–Crippen MR) is 78.3 cm³/mol. The Kier molecular flexibility index (Phi) is 3.66. The molecule has 1 heterocycles. The molecule has 0 aliphatic rings. The van der Waals surface area contributed by atoms with Crippen LogP contribution in [0, 0.1) is 0 Å². The van der Waals surface area contributed by atoms with E-state index in [1.165, 1.54) is 0 Å². The normalized spacial score (nSPS) is 11.6. The number of hydrogen-bond acceptors (Lipinski definition) is 3. The molecular formula is C16H19NO3. The van der Waals surface area contributed by atoms with Crippen LogP contribution in [0.1, 0.15) is 54.1 Å². The van der Waals surface area contributed by atoms with Gasteiger partial charge in [0.15, 0.2) is 6.29 Å². The number of H-pyrrole nitrogens is 1. The summed E-state index contributed by atoms with van der Waals surface area (Å²) in [4.78, 5) is 26.2. The van der Waals surface area contributed by atoms with Gasteiger partial charge in [0.05, 0.1) is 12.2 Å². The zero-order valence-electron chi connectivity index (χ0n) is 12.2. The highest BCUT2D eigenvalue weighted by Gasteiger charge is 2.20. The molecule has 0 bridgehead atoms. The molecule has 4 heteroatoms. The Labute approximate surface area is 118 Å². The van der Waals surface area contributed by atoms with Gasteiger partial charge in [0.2, 0.25) is 0 Å². The van der Waals surface area contributed by atoms with Crippen molar-refractivity contribution in [3.8, 4) is 0 Å². The SMILES string of the molecule is CCOC(=O)c1[nH]c2ccc(C(C)(C)C)cc2c1C=O. The maximum atomic E-state index is 11.9. The Bertz CT molecular complexity index is 662. The quantitative estimate of drug-likeness (QED) is 0.688. The molecule has 4 nitrogen and oxygen atoms in total. The summed E-state index contributed by atoms with van der Waals surface area (Å²) in [5.41, 5.74) is 2.45. The fourth-order valence-corrected chi connectivity index (χ4v) is 2.17. The lowest BCUT2D eigenvalue weighted by Crippen LogP contribution is -2.10. The van der Waals surface area contributed by atoms with Crippen LogP contribution in [0.5, 0.6) is 0 Å². The van der Waals surface area contributed by atoms with Crippen LogP contribution in [-0.2, 0) is 10.2 Å². The summed E-state index contributed by atoms with van der Waals surface area (Å²) in [7, 11) is 0. The molecule has 0 unspecified atom stereocenters. The molecule has 1 aromatic carbocycles. The monoisotopic (exact) mass is 273 g/mol. The Balaban J connectivity index is 2.64. The number of carbonyl (C=O) groups excluding carboxylic acids is 2. The average molecular weight is 273 g/mol. The van der Waals surface area contributed by atoms with E-state index in [1.807, 2.05) is 18.2 Å². The molecule has 1 N–H and O–H groups in total. The topological polar surface area (TPSA) is 59.2 Å². The molecule has 0 amide bonds. The summed E-state index contributed by atoms with van der Waals surface area (Å²) >= 11 is 0. The molecule has 2 aromatic rings. The van der Waals surface area contributed by atoms with Crippen LogP contribution in [0.2, 0.25) is 0 Å². The zero-order valence-corrected chi connectivity index (χ0v) is 12.2. The molecule has 106 valence electrons. The average Bonchev–Trinajstić information content (AvgIpc) is 2.75. The minimum Gasteiger partial charge on any atom is -0.461 e. The van der Waals surface area contributed by atoms with Gasteiger partial charge in [-0.25, -0.2) is 4.79 Å². The third kappa shape index (κ3) is 2.46. The first kappa shape index (κ1) is 14.3. The highest BCUT2D eigenvalue weighted by Crippen LogP contribution is 2.29. The van der Waals surface area contributed by atoms with E-state index < -0.39 is 5.97 Å². The van der Waals surface area contributed by atoms with E-state index >= 15 is 0 Å². The first-order chi connectivity index (χ1) is 9.38. The van der Waals surface area contributed by atoms with E-state index in [1.54, 1.807) is 6.92 Å². The van der Waals surface area contributed by atoms with Crippen LogP contribution in [-0.4, -0.2) is 23.8 Å². The fraction of sp³-hybridized carbons (Fsp3) is 0.375. The lowest BCUT2D eigenvalue weighted by Gasteiger charge is -2.18. The van der Waals surface area contributed by atoms with Crippen LogP contribution in [0.25, 0.3) is 10.9 Å². The first-order valence-electron chi connectivity index (χ1n) is 6.67. The number of fused-ring (bicyclic) bond motifs is 1. The van der Waals surface area contributed by atoms with Gasteiger partial charge in [-0.1, -0.05) is 26.8 Å². The predicted octanol–water partition coefficient (Wildman–Crippen LogP) is 3.45. The second-order valence-corrected chi connectivity index (χ2v) is 5.76. The first-order valence-corrected chi connectivity index (χ1v) is 6.67. The standard InChI is InChI=1S/C16H19NO3/c1-5-20-15(19)14-12(9-18)11-8-10(16(2,3)4)6-7-13(11)17-14/h6-9,17H,5H2,1-4H3. The molecular weight excluding hydrogens is 254 g/mol. The van der Waals surface area contributed by atoms with Crippen LogP contribution >= 0.6 is 0 Å². The maximum absolute atomic E-state index is 11.9. The van der Waals surface area contributed by atoms with Crippen molar-refractivity contribution in [1.29, 1.82) is 0 Å². The summed E-state index contributed by atoms with van der Waals surface area (Å²) in [6.45, 7) is 8.33. The number of hydrogen-bond donors (Lipinski definition) is 1. The lowest BCUT2D eigenvalue weighted by molar-refractivity contribution is 0.0518. The van der Waals surface area contributed by atoms with E-state index in [0.717, 1.165) is 16.5 Å². The van der Waals surface area contributed by atoms with Gasteiger partial charge in [-0.05, 0) is 30.0 Å². The second kappa shape index (κ2) is 5.12. The minimum absolute atomic E-state index is 0.0181. The smallest absolute Gasteiger partial charge is 0.355 e. The van der Waals surface area contributed by atoms with E-state index in [-0.39, 0.29) is 17.7 Å². The van der Waals surface area contributed by atoms with Gasteiger partial charge in [-0.3, -0.25) is 4.79 Å². The summed E-state index contributed by atoms with van der Waals surface area (Å²) < 4.78 is 4.97. The van der Waals surface area contributed by atoms with E-state index in [9.17, 15) is 9.59 Å². The van der Waals surface area contributed by atoms with Crippen LogP contribution in [0.3, 0.4) is 0 Å². The number of aldehydes is 1. The number of esters is 1. The number of carbonyl (C=O) groups is 2. The fourth-order valence-electron chi connectivity index (χ4n) is 2.17. The highest BCUT2D eigenvalue weighted by atomic mass is 16.5. The molecule has 0 spiro atoms. The lowest BCUT2D eigenvalue weighted by atomic mass is 9.86. The van der Waals surface area contributed by atoms with Crippen molar-refractivity contribution in [3.63, 3.8) is 0 Å². The molecule has 0 radical (unpaired) electrons. The zero-order chi connectivity index (χ0) is 14.9. The summed E-state index contributed by atoms with van der Waals surface area (Å²) in [6.07, 6.45) is 0.706. The molecule has 0 aliphatic carbocycles. The van der Waals surface area contributed by atoms with Crippen LogP contribution in [0.15, 0.2) is 18.2 Å². The van der Waals surface area contributed by atoms with Crippen LogP contribution < -0.4 is 0 Å². The van der Waals surface area contributed by atoms with Crippen molar-refractivity contribution in [1.82, 2.24) is 4.98 Å². The van der Waals surface area contributed by atoms with Crippen LogP contribution in [0.4, 0.5) is 0 Å². The van der Waals surface area contributed by atoms with Crippen molar-refractivity contribution in [2.75, 3.05) is 6.61 Å². The van der Waals surface area contributed by atoms with Crippen molar-refractivity contribution < 1.29 is 14.3 Å². The molecule has 0 fully saturated rings. The Morgan fingerprint density at radius 3 is 2.60 bits per heavy atom. The van der Waals surface area contributed by atoms with Gasteiger partial charge in [0, 0.05) is 10.9 Å². The highest BCUT2D eigenvalue weighted by molar-refractivity contribution is 6.08. The Hall–Kier alpha value is -2.10. The van der Waals surface area contributed by atoms with Crippen molar-refractivity contribution in [3.05, 3.63) is 35.0 Å². The number of nitrogens with one attached hydrogen (secondary N) is 1. The molecule has 0 aliphatic heterocycles. The molecule has 0 saturated heterocycles. The van der Waals surface area contributed by atoms with Gasteiger partial charge < -0.3 is 9.72 Å². The van der Waals surface area contributed by atoms with Gasteiger partial charge in [-0.15, -0.1) is 0 Å². The number of benzene rings is 1. The van der Waals surface area contributed by atoms with Crippen molar-refractivity contribution in [2.45, 2.75) is 33.1 Å². The van der Waals surface area contributed by atoms with E-state index in [4.69, 9.17) is 4.74 Å². The summed E-state index contributed by atoms with van der Waals surface area (Å²) in [6, 6.07) is 5.85. The third-order valence-electron chi connectivity index (χ3n) is 3.30. The molecule has 2 rings (SSSR count). The van der Waals surface area contributed by atoms with E-state index in [2.05, 4.69) is 25.8 Å². The summed E-state index contributed by atoms with van der Waals surface area (Å²) in [5, 5.41) is 0.760.